The van der Waals surface area contributed by atoms with Crippen LogP contribution in [0.15, 0.2) is 24.3 Å². The van der Waals surface area contributed by atoms with Crippen LogP contribution >= 0.6 is 0 Å². The summed E-state index contributed by atoms with van der Waals surface area (Å²) in [7, 11) is 0. The van der Waals surface area contributed by atoms with Crippen LogP contribution in [-0.2, 0) is 0 Å². The lowest BCUT2D eigenvalue weighted by molar-refractivity contribution is -0.255. The predicted octanol–water partition coefficient (Wildman–Crippen LogP) is 1.64. The molecule has 4 rings (SSSR count). The van der Waals surface area contributed by atoms with Crippen molar-refractivity contribution in [1.82, 2.24) is 9.78 Å². The second-order valence-corrected chi connectivity index (χ2v) is 5.75. The van der Waals surface area contributed by atoms with Crippen LogP contribution in [0.2, 0.25) is 0 Å². The third kappa shape index (κ3) is 2.63. The van der Waals surface area contributed by atoms with Crippen molar-refractivity contribution in [3.05, 3.63) is 35.5 Å². The minimum atomic E-state index is -4.58. The molecule has 0 spiro atoms. The number of aromatic nitrogens is 2. The number of anilines is 1. The van der Waals surface area contributed by atoms with Gasteiger partial charge in [0.2, 0.25) is 6.79 Å². The summed E-state index contributed by atoms with van der Waals surface area (Å²) in [5.74, 6) is -0.687. The van der Waals surface area contributed by atoms with Gasteiger partial charge in [0, 0.05) is 12.5 Å². The number of halogens is 3. The first-order valence-electron chi connectivity index (χ1n) is 7.36. The first-order chi connectivity index (χ1) is 11.8. The second-order valence-electron chi connectivity index (χ2n) is 5.75. The fourth-order valence-electron chi connectivity index (χ4n) is 3.02. The van der Waals surface area contributed by atoms with Gasteiger partial charge < -0.3 is 24.7 Å². The van der Waals surface area contributed by atoms with E-state index in [1.165, 1.54) is 0 Å². The number of nitrogens with one attached hydrogen (secondary N) is 1. The molecule has 0 aliphatic carbocycles. The molecule has 0 radical (unpaired) electrons. The Kier molecular flexibility index (Phi) is 3.31. The molecule has 2 aliphatic heterocycles. The van der Waals surface area contributed by atoms with Gasteiger partial charge in [0.1, 0.15) is 11.5 Å². The van der Waals surface area contributed by atoms with Gasteiger partial charge in [-0.15, -0.1) is 0 Å². The van der Waals surface area contributed by atoms with Gasteiger partial charge >= 0.3 is 6.18 Å². The summed E-state index contributed by atoms with van der Waals surface area (Å²) in [6.07, 6.45) is -4.93. The molecule has 0 saturated carbocycles. The Morgan fingerprint density at radius 1 is 1.28 bits per heavy atom. The molecule has 0 saturated heterocycles. The molecule has 25 heavy (non-hydrogen) atoms. The number of carbonyl (C=O) groups is 1. The summed E-state index contributed by atoms with van der Waals surface area (Å²) >= 11 is 0. The first-order valence-corrected chi connectivity index (χ1v) is 7.36. The Bertz CT molecular complexity index is 849. The van der Waals surface area contributed by atoms with Gasteiger partial charge in [0.15, 0.2) is 17.5 Å². The zero-order chi connectivity index (χ0) is 17.8. The number of benzene rings is 1. The molecule has 2 aliphatic rings. The molecule has 0 unspecified atom stereocenters. The number of hydrogen-bond acceptors (Lipinski definition) is 6. The number of carboxylic acids is 1. The van der Waals surface area contributed by atoms with E-state index >= 15 is 0 Å². The molecule has 0 amide bonds. The number of fused-ring (bicyclic) bond motifs is 2. The average molecular weight is 354 g/mol. The van der Waals surface area contributed by atoms with Crippen molar-refractivity contribution < 1.29 is 32.5 Å². The predicted molar refractivity (Wildman–Crippen MR) is 75.2 cm³/mol. The van der Waals surface area contributed by atoms with Gasteiger partial charge in [-0.25, -0.2) is 4.68 Å². The van der Waals surface area contributed by atoms with Crippen molar-refractivity contribution in [3.63, 3.8) is 0 Å². The molecule has 1 aromatic carbocycles. The van der Waals surface area contributed by atoms with Crippen LogP contribution in [0.4, 0.5) is 19.0 Å². The summed E-state index contributed by atoms with van der Waals surface area (Å²) in [5, 5.41) is 17.3. The minimum absolute atomic E-state index is 0.0320. The molecule has 3 heterocycles. The van der Waals surface area contributed by atoms with E-state index in [0.29, 0.717) is 21.7 Å². The Hall–Kier alpha value is -2.91. The van der Waals surface area contributed by atoms with Gasteiger partial charge in [-0.1, -0.05) is 6.07 Å². The third-order valence-corrected chi connectivity index (χ3v) is 4.20. The summed E-state index contributed by atoms with van der Waals surface area (Å²) < 4.78 is 51.4. The van der Waals surface area contributed by atoms with Crippen molar-refractivity contribution >= 4 is 11.8 Å². The summed E-state index contributed by atoms with van der Waals surface area (Å²) in [4.78, 5) is 10.9. The molecular weight excluding hydrogens is 343 g/mol. The molecule has 10 heteroatoms. The number of carbonyl (C=O) groups excluding carboxylic acids is 1. The van der Waals surface area contributed by atoms with E-state index < -0.39 is 29.9 Å². The Labute approximate surface area is 139 Å². The summed E-state index contributed by atoms with van der Waals surface area (Å²) in [5.41, 5.74) is 0.0176. The zero-order valence-corrected chi connectivity index (χ0v) is 12.5. The highest BCUT2D eigenvalue weighted by Crippen LogP contribution is 2.45. The van der Waals surface area contributed by atoms with Crippen LogP contribution in [-0.4, -0.2) is 28.7 Å². The summed E-state index contributed by atoms with van der Waals surface area (Å²) in [6.45, 7) is 0.0593. The van der Waals surface area contributed by atoms with Gasteiger partial charge in [-0.05, 0) is 17.7 Å². The minimum Gasteiger partial charge on any atom is -0.543 e. The van der Waals surface area contributed by atoms with E-state index in [0.717, 1.165) is 6.07 Å². The van der Waals surface area contributed by atoms with Crippen LogP contribution in [0, 0.1) is 0 Å². The highest BCUT2D eigenvalue weighted by Gasteiger charge is 2.46. The Morgan fingerprint density at radius 3 is 2.76 bits per heavy atom. The fourth-order valence-corrected chi connectivity index (χ4v) is 3.02. The smallest absolute Gasteiger partial charge is 0.410 e. The highest BCUT2D eigenvalue weighted by atomic mass is 19.4. The normalized spacial score (nSPS) is 21.6. The maximum Gasteiger partial charge on any atom is 0.410 e. The van der Waals surface area contributed by atoms with Crippen molar-refractivity contribution in [3.8, 4) is 11.5 Å². The monoisotopic (exact) mass is 354 g/mol. The van der Waals surface area contributed by atoms with Crippen LogP contribution in [0.25, 0.3) is 0 Å². The number of ether oxygens (including phenoxy) is 2. The van der Waals surface area contributed by atoms with Gasteiger partial charge in [-0.3, -0.25) is 0 Å². The van der Waals surface area contributed by atoms with Crippen molar-refractivity contribution in [2.75, 3.05) is 12.1 Å². The Morgan fingerprint density at radius 2 is 2.04 bits per heavy atom. The van der Waals surface area contributed by atoms with E-state index in [1.807, 2.05) is 0 Å². The first kappa shape index (κ1) is 15.6. The molecule has 0 bridgehead atoms. The molecule has 7 nitrogen and oxygen atoms in total. The van der Waals surface area contributed by atoms with E-state index in [2.05, 4.69) is 10.4 Å². The van der Waals surface area contributed by atoms with E-state index in [9.17, 15) is 23.1 Å². The van der Waals surface area contributed by atoms with Gasteiger partial charge in [0.05, 0.1) is 12.0 Å². The van der Waals surface area contributed by atoms with E-state index in [-0.39, 0.29) is 19.0 Å². The number of nitrogens with zero attached hydrogens (tertiary/aromatic N) is 2. The van der Waals surface area contributed by atoms with Crippen molar-refractivity contribution in [2.45, 2.75) is 24.7 Å². The maximum atomic E-state index is 13.4. The number of alkyl halides is 3. The molecule has 2 aromatic rings. The van der Waals surface area contributed by atoms with Crippen LogP contribution in [0.3, 0.4) is 0 Å². The lowest BCUT2D eigenvalue weighted by Crippen LogP contribution is -2.35. The third-order valence-electron chi connectivity index (χ3n) is 4.20. The molecule has 0 fully saturated rings. The lowest BCUT2D eigenvalue weighted by atomic mass is 9.96. The largest absolute Gasteiger partial charge is 0.543 e. The SMILES string of the molecule is O=C([O-])c1cc2n(n1)[C@H](C(F)(F)F)C[C@@H](c1ccc3c(c1)OCO3)N2. The van der Waals surface area contributed by atoms with Gasteiger partial charge in [0.25, 0.3) is 0 Å². The van der Waals surface area contributed by atoms with Gasteiger partial charge in [-0.2, -0.15) is 18.3 Å². The van der Waals surface area contributed by atoms with Crippen LogP contribution in [0.1, 0.15) is 34.6 Å². The zero-order valence-electron chi connectivity index (χ0n) is 12.5. The van der Waals surface area contributed by atoms with E-state index in [4.69, 9.17) is 9.47 Å². The number of rotatable bonds is 2. The average Bonchev–Trinajstić information content (AvgIpc) is 3.18. The van der Waals surface area contributed by atoms with Crippen molar-refractivity contribution in [2.24, 2.45) is 0 Å². The molecular formula is C15H11F3N3O4-. The van der Waals surface area contributed by atoms with E-state index in [1.54, 1.807) is 18.2 Å². The quantitative estimate of drug-likeness (QED) is 0.882. The molecule has 1 aromatic heterocycles. The standard InChI is InChI=1S/C15H12F3N3O4/c16-15(17,18)12-4-8(7-1-2-10-11(3-7)25-6-24-10)19-13-5-9(14(22)23)20-21(12)13/h1-3,5,8,12,19H,4,6H2,(H,22,23)/p-1/t8-,12-/m0/s1. The second kappa shape index (κ2) is 5.30. The maximum absolute atomic E-state index is 13.4. The molecule has 132 valence electrons. The molecule has 1 N–H and O–H groups in total. The number of aromatic carboxylic acids is 1. The Balaban J connectivity index is 1.73. The number of hydrogen-bond donors (Lipinski definition) is 1. The fraction of sp³-hybridized carbons (Fsp3) is 0.333. The van der Waals surface area contributed by atoms with Crippen molar-refractivity contribution in [1.29, 1.82) is 0 Å². The molecule has 2 atom stereocenters. The number of carboxylic acid groups (broad SMARTS) is 1. The van der Waals surface area contributed by atoms with Crippen LogP contribution < -0.4 is 19.9 Å². The highest BCUT2D eigenvalue weighted by molar-refractivity contribution is 5.84. The lowest BCUT2D eigenvalue weighted by Gasteiger charge is -2.33. The topological polar surface area (TPSA) is 88.4 Å². The van der Waals surface area contributed by atoms with Crippen LogP contribution in [0.5, 0.6) is 11.5 Å². The summed E-state index contributed by atoms with van der Waals surface area (Å²) in [6, 6.07) is 3.27.